The molecule has 1 aromatic carbocycles. The number of nitrogens with zero attached hydrogens (tertiary/aromatic N) is 1. The Labute approximate surface area is 74.6 Å². The third-order valence-corrected chi connectivity index (χ3v) is 2.24. The Balaban J connectivity index is 2.29. The normalized spacial score (nSPS) is 23.6. The lowest BCUT2D eigenvalue weighted by Gasteiger charge is -1.98. The molecular formula is C10H7F2N. The predicted molar refractivity (Wildman–Crippen MR) is 43.5 cm³/mol. The van der Waals surface area contributed by atoms with Gasteiger partial charge in [0.15, 0.2) is 0 Å². The number of benzene rings is 1. The molecule has 1 nitrogen and oxygen atoms in total. The SMILES string of the molecule is N#Cc1cccc(C2CC2(F)F)c1. The van der Waals surface area contributed by atoms with Gasteiger partial charge in [-0.1, -0.05) is 12.1 Å². The molecular weight excluding hydrogens is 172 g/mol. The summed E-state index contributed by atoms with van der Waals surface area (Å²) < 4.78 is 25.3. The minimum atomic E-state index is -2.55. The molecule has 0 radical (unpaired) electrons. The minimum Gasteiger partial charge on any atom is -0.206 e. The van der Waals surface area contributed by atoms with E-state index in [1.165, 1.54) is 6.07 Å². The van der Waals surface area contributed by atoms with Gasteiger partial charge < -0.3 is 0 Å². The molecule has 0 heterocycles. The van der Waals surface area contributed by atoms with Gasteiger partial charge in [-0.25, -0.2) is 8.78 Å². The third-order valence-electron chi connectivity index (χ3n) is 2.24. The largest absolute Gasteiger partial charge is 0.255 e. The Morgan fingerprint density at radius 3 is 2.69 bits per heavy atom. The van der Waals surface area contributed by atoms with Gasteiger partial charge >= 0.3 is 0 Å². The molecule has 1 aliphatic rings. The van der Waals surface area contributed by atoms with Crippen LogP contribution in [0.4, 0.5) is 8.78 Å². The molecule has 0 aromatic heterocycles. The summed E-state index contributed by atoms with van der Waals surface area (Å²) in [5.41, 5.74) is 1.02. The van der Waals surface area contributed by atoms with Crippen molar-refractivity contribution in [2.45, 2.75) is 18.3 Å². The standard InChI is InChI=1S/C10H7F2N/c11-10(12)5-9(10)8-3-1-2-7(4-8)6-13/h1-4,9H,5H2. The van der Waals surface area contributed by atoms with Crippen LogP contribution in [0.15, 0.2) is 24.3 Å². The van der Waals surface area contributed by atoms with Gasteiger partial charge in [-0.15, -0.1) is 0 Å². The molecule has 0 bridgehead atoms. The Morgan fingerprint density at radius 2 is 2.15 bits per heavy atom. The van der Waals surface area contributed by atoms with E-state index in [0.717, 1.165) is 0 Å². The first-order valence-corrected chi connectivity index (χ1v) is 4.01. The number of hydrogen-bond acceptors (Lipinski definition) is 1. The molecule has 3 heteroatoms. The van der Waals surface area contributed by atoms with E-state index in [-0.39, 0.29) is 6.42 Å². The molecule has 1 aromatic rings. The molecule has 1 aliphatic carbocycles. The van der Waals surface area contributed by atoms with Crippen LogP contribution in [0.25, 0.3) is 0 Å². The van der Waals surface area contributed by atoms with Gasteiger partial charge in [0.05, 0.1) is 17.6 Å². The summed E-state index contributed by atoms with van der Waals surface area (Å²) in [5.74, 6) is -3.21. The van der Waals surface area contributed by atoms with E-state index >= 15 is 0 Å². The molecule has 1 saturated carbocycles. The molecule has 66 valence electrons. The van der Waals surface area contributed by atoms with Crippen LogP contribution in [-0.4, -0.2) is 5.92 Å². The van der Waals surface area contributed by atoms with Crippen LogP contribution >= 0.6 is 0 Å². The van der Waals surface area contributed by atoms with Crippen molar-refractivity contribution in [2.24, 2.45) is 0 Å². The Bertz CT molecular complexity index is 379. The van der Waals surface area contributed by atoms with E-state index in [9.17, 15) is 8.78 Å². The fraction of sp³-hybridized carbons (Fsp3) is 0.300. The highest BCUT2D eigenvalue weighted by molar-refractivity contribution is 5.38. The fourth-order valence-electron chi connectivity index (χ4n) is 1.40. The first-order chi connectivity index (χ1) is 6.13. The van der Waals surface area contributed by atoms with E-state index in [4.69, 9.17) is 5.26 Å². The van der Waals surface area contributed by atoms with E-state index in [0.29, 0.717) is 11.1 Å². The van der Waals surface area contributed by atoms with Gasteiger partial charge in [0.25, 0.3) is 5.92 Å². The number of rotatable bonds is 1. The average molecular weight is 179 g/mol. The van der Waals surface area contributed by atoms with Crippen LogP contribution in [0.5, 0.6) is 0 Å². The Hall–Kier alpha value is -1.43. The summed E-state index contributed by atoms with van der Waals surface area (Å²) in [6.07, 6.45) is -0.0815. The maximum atomic E-state index is 12.6. The van der Waals surface area contributed by atoms with Crippen molar-refractivity contribution >= 4 is 0 Å². The van der Waals surface area contributed by atoms with E-state index in [1.807, 2.05) is 6.07 Å². The van der Waals surface area contributed by atoms with Gasteiger partial charge in [-0.3, -0.25) is 0 Å². The van der Waals surface area contributed by atoms with Crippen molar-refractivity contribution < 1.29 is 8.78 Å². The quantitative estimate of drug-likeness (QED) is 0.650. The second-order valence-corrected chi connectivity index (χ2v) is 3.26. The van der Waals surface area contributed by atoms with Crippen LogP contribution in [0.1, 0.15) is 23.5 Å². The number of alkyl halides is 2. The van der Waals surface area contributed by atoms with Crippen molar-refractivity contribution in [2.75, 3.05) is 0 Å². The molecule has 1 fully saturated rings. The maximum absolute atomic E-state index is 12.6. The summed E-state index contributed by atoms with van der Waals surface area (Å²) in [5, 5.41) is 8.56. The van der Waals surface area contributed by atoms with Crippen LogP contribution in [0.3, 0.4) is 0 Å². The molecule has 1 atom stereocenters. The molecule has 0 spiro atoms. The average Bonchev–Trinajstić information content (AvgIpc) is 2.76. The van der Waals surface area contributed by atoms with Gasteiger partial charge in [0.2, 0.25) is 0 Å². The lowest BCUT2D eigenvalue weighted by atomic mass is 10.1. The molecule has 0 N–H and O–H groups in total. The summed E-state index contributed by atoms with van der Waals surface area (Å²) >= 11 is 0. The van der Waals surface area contributed by atoms with Gasteiger partial charge in [0, 0.05) is 6.42 Å². The van der Waals surface area contributed by atoms with Crippen molar-refractivity contribution in [3.8, 4) is 6.07 Å². The summed E-state index contributed by atoms with van der Waals surface area (Å²) in [7, 11) is 0. The van der Waals surface area contributed by atoms with Gasteiger partial charge in [-0.2, -0.15) is 5.26 Å². The Kier molecular flexibility index (Phi) is 1.59. The first kappa shape index (κ1) is 8.18. The first-order valence-electron chi connectivity index (χ1n) is 4.01. The van der Waals surface area contributed by atoms with E-state index < -0.39 is 11.8 Å². The van der Waals surface area contributed by atoms with E-state index in [1.54, 1.807) is 18.2 Å². The van der Waals surface area contributed by atoms with Crippen LogP contribution in [-0.2, 0) is 0 Å². The third kappa shape index (κ3) is 1.40. The monoisotopic (exact) mass is 179 g/mol. The highest BCUT2D eigenvalue weighted by Crippen LogP contribution is 2.55. The smallest absolute Gasteiger partial charge is 0.206 e. The highest BCUT2D eigenvalue weighted by Gasteiger charge is 2.57. The Morgan fingerprint density at radius 1 is 1.46 bits per heavy atom. The van der Waals surface area contributed by atoms with Crippen molar-refractivity contribution in [1.82, 2.24) is 0 Å². The molecule has 0 amide bonds. The lowest BCUT2D eigenvalue weighted by Crippen LogP contribution is -1.92. The summed E-state index contributed by atoms with van der Waals surface area (Å²) in [6, 6.07) is 8.37. The topological polar surface area (TPSA) is 23.8 Å². The second kappa shape index (κ2) is 2.53. The minimum absolute atomic E-state index is 0.0815. The summed E-state index contributed by atoms with van der Waals surface area (Å²) in [6.45, 7) is 0. The van der Waals surface area contributed by atoms with Crippen LogP contribution in [0.2, 0.25) is 0 Å². The zero-order valence-corrected chi connectivity index (χ0v) is 6.80. The molecule has 0 aliphatic heterocycles. The number of nitriles is 1. The second-order valence-electron chi connectivity index (χ2n) is 3.26. The zero-order valence-electron chi connectivity index (χ0n) is 6.80. The van der Waals surface area contributed by atoms with Crippen molar-refractivity contribution in [1.29, 1.82) is 5.26 Å². The lowest BCUT2D eigenvalue weighted by molar-refractivity contribution is 0.112. The molecule has 1 unspecified atom stereocenters. The maximum Gasteiger partial charge on any atom is 0.255 e. The van der Waals surface area contributed by atoms with Crippen LogP contribution in [0, 0.1) is 11.3 Å². The number of hydrogen-bond donors (Lipinski definition) is 0. The summed E-state index contributed by atoms with van der Waals surface area (Å²) in [4.78, 5) is 0. The molecule has 13 heavy (non-hydrogen) atoms. The zero-order chi connectivity index (χ0) is 9.47. The van der Waals surface area contributed by atoms with E-state index in [2.05, 4.69) is 0 Å². The van der Waals surface area contributed by atoms with Gasteiger partial charge in [-0.05, 0) is 17.7 Å². The van der Waals surface area contributed by atoms with Crippen LogP contribution < -0.4 is 0 Å². The van der Waals surface area contributed by atoms with Gasteiger partial charge in [0.1, 0.15) is 0 Å². The predicted octanol–water partition coefficient (Wildman–Crippen LogP) is 2.68. The molecule has 0 saturated heterocycles. The fourth-order valence-corrected chi connectivity index (χ4v) is 1.40. The highest BCUT2D eigenvalue weighted by atomic mass is 19.3. The van der Waals surface area contributed by atoms with Crippen molar-refractivity contribution in [3.63, 3.8) is 0 Å². The number of halogens is 2. The van der Waals surface area contributed by atoms with Crippen molar-refractivity contribution in [3.05, 3.63) is 35.4 Å². The molecule has 2 rings (SSSR count).